The molecule has 0 atom stereocenters. The summed E-state index contributed by atoms with van der Waals surface area (Å²) in [5.41, 5.74) is 7.60. The third-order valence-corrected chi connectivity index (χ3v) is 3.29. The highest BCUT2D eigenvalue weighted by atomic mass is 16.6. The Morgan fingerprint density at radius 1 is 1.19 bits per heavy atom. The maximum atomic E-state index is 10.9. The number of hydrogen-bond donors (Lipinski definition) is 1. The van der Waals surface area contributed by atoms with Crippen molar-refractivity contribution < 1.29 is 9.66 Å². The van der Waals surface area contributed by atoms with Crippen LogP contribution in [0.3, 0.4) is 0 Å². The van der Waals surface area contributed by atoms with E-state index in [0.717, 1.165) is 11.3 Å². The second kappa shape index (κ2) is 6.26. The zero-order valence-electron chi connectivity index (χ0n) is 12.1. The fraction of sp³-hybridized carbons (Fsp3) is 0.250. The molecule has 0 heterocycles. The minimum absolute atomic E-state index is 0.0896. The van der Waals surface area contributed by atoms with Gasteiger partial charge in [-0.3, -0.25) is 10.1 Å². The molecule has 2 rings (SSSR count). The van der Waals surface area contributed by atoms with E-state index < -0.39 is 4.92 Å². The summed E-state index contributed by atoms with van der Waals surface area (Å²) in [5.74, 6) is 1.11. The van der Waals surface area contributed by atoms with Crippen molar-refractivity contribution in [3.8, 4) is 5.75 Å². The summed E-state index contributed by atoms with van der Waals surface area (Å²) in [4.78, 5) is 10.4. The smallest absolute Gasteiger partial charge is 0.292 e. The topological polar surface area (TPSA) is 78.4 Å². The van der Waals surface area contributed by atoms with E-state index in [2.05, 4.69) is 13.8 Å². The van der Waals surface area contributed by atoms with Crippen LogP contribution in [0.15, 0.2) is 42.5 Å². The van der Waals surface area contributed by atoms with Gasteiger partial charge in [-0.1, -0.05) is 44.2 Å². The molecule has 0 saturated heterocycles. The number of nitrogens with two attached hydrogens (primary N) is 1. The van der Waals surface area contributed by atoms with E-state index in [0.29, 0.717) is 11.5 Å². The molecule has 2 aromatic rings. The molecule has 0 saturated carbocycles. The molecule has 0 unspecified atom stereocenters. The number of ether oxygens (including phenoxy) is 1. The van der Waals surface area contributed by atoms with Crippen molar-refractivity contribution in [2.45, 2.75) is 26.4 Å². The molecule has 0 aliphatic carbocycles. The molecule has 0 aliphatic rings. The summed E-state index contributed by atoms with van der Waals surface area (Å²) < 4.78 is 5.80. The summed E-state index contributed by atoms with van der Waals surface area (Å²) in [5, 5.41) is 10.9. The highest BCUT2D eigenvalue weighted by molar-refractivity contribution is 5.62. The zero-order chi connectivity index (χ0) is 15.4. The number of anilines is 1. The zero-order valence-corrected chi connectivity index (χ0v) is 12.1. The molecular weight excluding hydrogens is 268 g/mol. The van der Waals surface area contributed by atoms with Crippen molar-refractivity contribution in [2.24, 2.45) is 0 Å². The molecular formula is C16H18N2O3. The minimum atomic E-state index is -0.485. The van der Waals surface area contributed by atoms with Crippen LogP contribution in [0.25, 0.3) is 0 Å². The first-order valence-electron chi connectivity index (χ1n) is 6.74. The largest absolute Gasteiger partial charge is 0.489 e. The Bertz CT molecular complexity index is 654. The van der Waals surface area contributed by atoms with Gasteiger partial charge in [0.05, 0.1) is 4.92 Å². The van der Waals surface area contributed by atoms with E-state index in [9.17, 15) is 10.1 Å². The molecule has 21 heavy (non-hydrogen) atoms. The second-order valence-corrected chi connectivity index (χ2v) is 5.09. The molecule has 2 aromatic carbocycles. The first-order valence-corrected chi connectivity index (χ1v) is 6.74. The van der Waals surface area contributed by atoms with Gasteiger partial charge in [-0.15, -0.1) is 0 Å². The summed E-state index contributed by atoms with van der Waals surface area (Å²) in [6, 6.07) is 12.5. The number of hydrogen-bond acceptors (Lipinski definition) is 4. The summed E-state index contributed by atoms with van der Waals surface area (Å²) in [7, 11) is 0. The van der Waals surface area contributed by atoms with Crippen molar-refractivity contribution >= 4 is 11.4 Å². The van der Waals surface area contributed by atoms with Gasteiger partial charge in [0, 0.05) is 11.6 Å². The average Bonchev–Trinajstić information content (AvgIpc) is 2.46. The number of rotatable bonds is 5. The molecule has 0 fully saturated rings. The molecule has 0 radical (unpaired) electrons. The van der Waals surface area contributed by atoms with Crippen molar-refractivity contribution in [3.63, 3.8) is 0 Å². The van der Waals surface area contributed by atoms with Crippen LogP contribution in [-0.2, 0) is 6.61 Å². The minimum Gasteiger partial charge on any atom is -0.489 e. The molecule has 110 valence electrons. The molecule has 0 aromatic heterocycles. The standard InChI is InChI=1S/C16H18N2O3/c1-11(2)13-7-3-4-9-15(13)21-10-12-6-5-8-14(16(12)17)18(19)20/h3-9,11H,10,17H2,1-2H3. The van der Waals surface area contributed by atoms with Crippen molar-refractivity contribution in [3.05, 3.63) is 63.7 Å². The summed E-state index contributed by atoms with van der Waals surface area (Å²) >= 11 is 0. The van der Waals surface area contributed by atoms with Gasteiger partial charge in [0.2, 0.25) is 0 Å². The van der Waals surface area contributed by atoms with Crippen LogP contribution in [-0.4, -0.2) is 4.92 Å². The van der Waals surface area contributed by atoms with Crippen LogP contribution in [0.2, 0.25) is 0 Å². The first kappa shape index (κ1) is 14.8. The first-order chi connectivity index (χ1) is 10.0. The summed E-state index contributed by atoms with van der Waals surface area (Å²) in [6.07, 6.45) is 0. The highest BCUT2D eigenvalue weighted by Gasteiger charge is 2.15. The summed E-state index contributed by atoms with van der Waals surface area (Å²) in [6.45, 7) is 4.38. The maximum absolute atomic E-state index is 10.9. The van der Waals surface area contributed by atoms with Gasteiger partial charge in [0.1, 0.15) is 18.0 Å². The quantitative estimate of drug-likeness (QED) is 0.514. The Labute approximate surface area is 123 Å². The van der Waals surface area contributed by atoms with Gasteiger partial charge in [-0.25, -0.2) is 0 Å². The normalized spacial score (nSPS) is 10.6. The maximum Gasteiger partial charge on any atom is 0.292 e. The number of benzene rings is 2. The molecule has 0 amide bonds. The van der Waals surface area contributed by atoms with E-state index >= 15 is 0 Å². The van der Waals surface area contributed by atoms with Crippen LogP contribution in [0.4, 0.5) is 11.4 Å². The lowest BCUT2D eigenvalue weighted by Gasteiger charge is -2.14. The predicted octanol–water partition coefficient (Wildman–Crippen LogP) is 3.88. The third kappa shape index (κ3) is 3.31. The molecule has 0 aliphatic heterocycles. The van der Waals surface area contributed by atoms with Crippen LogP contribution in [0.1, 0.15) is 30.9 Å². The van der Waals surface area contributed by atoms with Crippen LogP contribution < -0.4 is 10.5 Å². The molecule has 5 nitrogen and oxygen atoms in total. The second-order valence-electron chi connectivity index (χ2n) is 5.09. The Kier molecular flexibility index (Phi) is 4.42. The average molecular weight is 286 g/mol. The van der Waals surface area contributed by atoms with Crippen molar-refractivity contribution in [1.82, 2.24) is 0 Å². The third-order valence-electron chi connectivity index (χ3n) is 3.29. The van der Waals surface area contributed by atoms with Crippen molar-refractivity contribution in [1.29, 1.82) is 0 Å². The lowest BCUT2D eigenvalue weighted by molar-refractivity contribution is -0.384. The monoisotopic (exact) mass is 286 g/mol. The van der Waals surface area contributed by atoms with E-state index in [1.165, 1.54) is 6.07 Å². The fourth-order valence-corrected chi connectivity index (χ4v) is 2.13. The molecule has 2 N–H and O–H groups in total. The van der Waals surface area contributed by atoms with Crippen LogP contribution in [0, 0.1) is 10.1 Å². The molecule has 5 heteroatoms. The van der Waals surface area contributed by atoms with E-state index in [1.807, 2.05) is 24.3 Å². The Hall–Kier alpha value is -2.56. The number of nitrogens with zero attached hydrogens (tertiary/aromatic N) is 1. The molecule has 0 bridgehead atoms. The highest BCUT2D eigenvalue weighted by Crippen LogP contribution is 2.29. The van der Waals surface area contributed by atoms with E-state index in [4.69, 9.17) is 10.5 Å². The Balaban J connectivity index is 2.21. The fourth-order valence-electron chi connectivity index (χ4n) is 2.13. The number of nitro benzene ring substituents is 1. The number of para-hydroxylation sites is 2. The van der Waals surface area contributed by atoms with Gasteiger partial charge in [-0.05, 0) is 17.5 Å². The Morgan fingerprint density at radius 2 is 1.90 bits per heavy atom. The van der Waals surface area contributed by atoms with Gasteiger partial charge < -0.3 is 10.5 Å². The SMILES string of the molecule is CC(C)c1ccccc1OCc1cccc([N+](=O)[O-])c1N. The van der Waals surface area contributed by atoms with Gasteiger partial charge in [-0.2, -0.15) is 0 Å². The van der Waals surface area contributed by atoms with E-state index in [1.54, 1.807) is 12.1 Å². The Morgan fingerprint density at radius 3 is 2.57 bits per heavy atom. The number of nitrogen functional groups attached to an aromatic ring is 1. The number of nitro groups is 1. The molecule has 0 spiro atoms. The van der Waals surface area contributed by atoms with Crippen molar-refractivity contribution in [2.75, 3.05) is 5.73 Å². The lowest BCUT2D eigenvalue weighted by atomic mass is 10.0. The predicted molar refractivity (Wildman–Crippen MR) is 82.4 cm³/mol. The van der Waals surface area contributed by atoms with Gasteiger partial charge in [0.15, 0.2) is 0 Å². The van der Waals surface area contributed by atoms with Crippen LogP contribution in [0.5, 0.6) is 5.75 Å². The van der Waals surface area contributed by atoms with Gasteiger partial charge >= 0.3 is 0 Å². The van der Waals surface area contributed by atoms with E-state index in [-0.39, 0.29) is 18.0 Å². The van der Waals surface area contributed by atoms with Gasteiger partial charge in [0.25, 0.3) is 5.69 Å². The lowest BCUT2D eigenvalue weighted by Crippen LogP contribution is -2.04. The van der Waals surface area contributed by atoms with Crippen LogP contribution >= 0.6 is 0 Å².